The van der Waals surface area contributed by atoms with E-state index in [0.717, 1.165) is 26.2 Å². The van der Waals surface area contributed by atoms with E-state index in [9.17, 15) is 0 Å². The van der Waals surface area contributed by atoms with Gasteiger partial charge in [-0.25, -0.2) is 5.01 Å². The number of nitrogens with one attached hydrogen (secondary N) is 1. The number of piperazine rings is 1. The maximum atomic E-state index is 8.63. The number of phenolic OH excluding ortho intramolecular Hbond substituents is 1. The van der Waals surface area contributed by atoms with Crippen LogP contribution in [0.3, 0.4) is 0 Å². The Labute approximate surface area is 84.3 Å². The van der Waals surface area contributed by atoms with Crippen molar-refractivity contribution in [2.75, 3.05) is 26.2 Å². The summed E-state index contributed by atoms with van der Waals surface area (Å²) < 4.78 is 0. The summed E-state index contributed by atoms with van der Waals surface area (Å²) in [6.07, 6.45) is 0. The van der Waals surface area contributed by atoms with Gasteiger partial charge in [0, 0.05) is 26.2 Å². The minimum absolute atomic E-state index is 0.322. The third-order valence-corrected chi connectivity index (χ3v) is 1.91. The maximum absolute atomic E-state index is 8.63. The topological polar surface area (TPSA) is 61.5 Å². The zero-order chi connectivity index (χ0) is 10.2. The normalized spacial score (nSPS) is 16.9. The van der Waals surface area contributed by atoms with Gasteiger partial charge in [-0.15, -0.1) is 0 Å². The van der Waals surface area contributed by atoms with E-state index >= 15 is 0 Å². The predicted octanol–water partition coefficient (Wildman–Crippen LogP) is 0.158. The second kappa shape index (κ2) is 6.37. The zero-order valence-electron chi connectivity index (χ0n) is 8.19. The smallest absolute Gasteiger partial charge is 0.115 e. The van der Waals surface area contributed by atoms with Crippen LogP contribution in [0, 0.1) is 0 Å². The summed E-state index contributed by atoms with van der Waals surface area (Å²) >= 11 is 0. The minimum Gasteiger partial charge on any atom is -0.508 e. The molecule has 0 aromatic heterocycles. The predicted molar refractivity (Wildman–Crippen MR) is 56.7 cm³/mol. The molecule has 0 radical (unpaired) electrons. The molecule has 2 rings (SSSR count). The molecule has 4 nitrogen and oxygen atoms in total. The fourth-order valence-electron chi connectivity index (χ4n) is 1.11. The van der Waals surface area contributed by atoms with Crippen LogP contribution in [0.2, 0.25) is 0 Å². The van der Waals surface area contributed by atoms with E-state index in [0.29, 0.717) is 5.75 Å². The van der Waals surface area contributed by atoms with Gasteiger partial charge in [-0.2, -0.15) is 0 Å². The number of phenols is 1. The molecule has 14 heavy (non-hydrogen) atoms. The van der Waals surface area contributed by atoms with Crippen molar-refractivity contribution in [3.8, 4) is 5.75 Å². The monoisotopic (exact) mass is 195 g/mol. The molecule has 1 aliphatic heterocycles. The van der Waals surface area contributed by atoms with Crippen LogP contribution in [0.5, 0.6) is 5.75 Å². The Bertz CT molecular complexity index is 234. The number of para-hydroxylation sites is 1. The largest absolute Gasteiger partial charge is 0.508 e. The molecule has 0 aliphatic carbocycles. The first kappa shape index (κ1) is 11.0. The van der Waals surface area contributed by atoms with E-state index < -0.39 is 0 Å². The van der Waals surface area contributed by atoms with E-state index in [4.69, 9.17) is 10.9 Å². The van der Waals surface area contributed by atoms with Gasteiger partial charge >= 0.3 is 0 Å². The molecule has 1 aromatic carbocycles. The van der Waals surface area contributed by atoms with Gasteiger partial charge in [0.15, 0.2) is 0 Å². The Balaban J connectivity index is 0.000000140. The molecule has 0 atom stereocenters. The fourth-order valence-corrected chi connectivity index (χ4v) is 1.11. The third-order valence-electron chi connectivity index (χ3n) is 1.91. The van der Waals surface area contributed by atoms with Crippen molar-refractivity contribution in [2.24, 2.45) is 5.84 Å². The first-order valence-electron chi connectivity index (χ1n) is 4.73. The molecule has 4 heteroatoms. The lowest BCUT2D eigenvalue weighted by atomic mass is 10.3. The highest BCUT2D eigenvalue weighted by Crippen LogP contribution is 2.02. The summed E-state index contributed by atoms with van der Waals surface area (Å²) in [4.78, 5) is 0. The summed E-state index contributed by atoms with van der Waals surface area (Å²) in [5.74, 6) is 5.75. The Kier molecular flexibility index (Phi) is 4.99. The third kappa shape index (κ3) is 4.81. The van der Waals surface area contributed by atoms with E-state index in [1.807, 2.05) is 11.1 Å². The number of aromatic hydroxyl groups is 1. The lowest BCUT2D eigenvalue weighted by molar-refractivity contribution is 0.248. The number of hydrogen-bond donors (Lipinski definition) is 3. The molecular formula is C10H17N3O. The summed E-state index contributed by atoms with van der Waals surface area (Å²) in [5.41, 5.74) is 0. The number of nitrogens with two attached hydrogens (primary N) is 1. The molecule has 0 spiro atoms. The van der Waals surface area contributed by atoms with Crippen molar-refractivity contribution in [1.82, 2.24) is 10.3 Å². The summed E-state index contributed by atoms with van der Waals surface area (Å²) in [5, 5.41) is 13.7. The zero-order valence-corrected chi connectivity index (χ0v) is 8.19. The maximum Gasteiger partial charge on any atom is 0.115 e. The highest BCUT2D eigenvalue weighted by Gasteiger charge is 2.01. The highest BCUT2D eigenvalue weighted by molar-refractivity contribution is 5.18. The Morgan fingerprint density at radius 2 is 1.71 bits per heavy atom. The van der Waals surface area contributed by atoms with Crippen LogP contribution in [0.15, 0.2) is 30.3 Å². The summed E-state index contributed by atoms with van der Waals surface area (Å²) in [6.45, 7) is 4.05. The lowest BCUT2D eigenvalue weighted by Crippen LogP contribution is -2.47. The number of benzene rings is 1. The van der Waals surface area contributed by atoms with Crippen molar-refractivity contribution in [3.63, 3.8) is 0 Å². The molecule has 0 bridgehead atoms. The Hall–Kier alpha value is -1.10. The van der Waals surface area contributed by atoms with Gasteiger partial charge in [0.1, 0.15) is 5.75 Å². The van der Waals surface area contributed by atoms with Crippen LogP contribution in [-0.4, -0.2) is 36.3 Å². The number of rotatable bonds is 0. The summed E-state index contributed by atoms with van der Waals surface area (Å²) in [7, 11) is 0. The summed E-state index contributed by atoms with van der Waals surface area (Å²) in [6, 6.07) is 8.71. The minimum atomic E-state index is 0.322. The molecular weight excluding hydrogens is 178 g/mol. The molecule has 0 unspecified atom stereocenters. The lowest BCUT2D eigenvalue weighted by Gasteiger charge is -2.21. The van der Waals surface area contributed by atoms with Crippen LogP contribution >= 0.6 is 0 Å². The van der Waals surface area contributed by atoms with Gasteiger partial charge in [-0.1, -0.05) is 18.2 Å². The highest BCUT2D eigenvalue weighted by atomic mass is 16.3. The van der Waals surface area contributed by atoms with Crippen molar-refractivity contribution < 1.29 is 5.11 Å². The number of nitrogens with zero attached hydrogens (tertiary/aromatic N) is 1. The second-order valence-electron chi connectivity index (χ2n) is 3.12. The standard InChI is InChI=1S/C6H6O.C4H11N3/c7-6-4-2-1-3-5-6;5-7-3-1-6-2-4-7/h1-5,7H;6H,1-5H2. The first-order valence-corrected chi connectivity index (χ1v) is 4.73. The average Bonchev–Trinajstić information content (AvgIpc) is 2.21. The van der Waals surface area contributed by atoms with Gasteiger partial charge < -0.3 is 10.4 Å². The van der Waals surface area contributed by atoms with E-state index in [1.165, 1.54) is 0 Å². The molecule has 1 fully saturated rings. The van der Waals surface area contributed by atoms with Gasteiger partial charge in [-0.05, 0) is 12.1 Å². The molecule has 1 aromatic rings. The molecule has 1 aliphatic rings. The van der Waals surface area contributed by atoms with Crippen LogP contribution in [-0.2, 0) is 0 Å². The molecule has 1 heterocycles. The van der Waals surface area contributed by atoms with Crippen molar-refractivity contribution in [3.05, 3.63) is 30.3 Å². The van der Waals surface area contributed by atoms with Gasteiger partial charge in [-0.3, -0.25) is 5.84 Å². The molecule has 1 saturated heterocycles. The number of hydrazine groups is 1. The quantitative estimate of drug-likeness (QED) is 0.516. The van der Waals surface area contributed by atoms with E-state index in [1.54, 1.807) is 24.3 Å². The van der Waals surface area contributed by atoms with Crippen molar-refractivity contribution in [2.45, 2.75) is 0 Å². The first-order chi connectivity index (χ1) is 6.79. The molecule has 78 valence electrons. The number of hydrogen-bond acceptors (Lipinski definition) is 4. The van der Waals surface area contributed by atoms with Crippen molar-refractivity contribution >= 4 is 0 Å². The second-order valence-corrected chi connectivity index (χ2v) is 3.12. The van der Waals surface area contributed by atoms with E-state index in [2.05, 4.69) is 5.32 Å². The SMILES string of the molecule is NN1CCNCC1.Oc1ccccc1. The molecule has 0 saturated carbocycles. The Morgan fingerprint density at radius 1 is 1.14 bits per heavy atom. The Morgan fingerprint density at radius 3 is 2.00 bits per heavy atom. The van der Waals surface area contributed by atoms with Crippen LogP contribution in [0.1, 0.15) is 0 Å². The van der Waals surface area contributed by atoms with Crippen LogP contribution in [0.4, 0.5) is 0 Å². The fraction of sp³-hybridized carbons (Fsp3) is 0.400. The van der Waals surface area contributed by atoms with Gasteiger partial charge in [0.2, 0.25) is 0 Å². The van der Waals surface area contributed by atoms with Gasteiger partial charge in [0.25, 0.3) is 0 Å². The van der Waals surface area contributed by atoms with Crippen LogP contribution in [0.25, 0.3) is 0 Å². The van der Waals surface area contributed by atoms with Gasteiger partial charge in [0.05, 0.1) is 0 Å². The van der Waals surface area contributed by atoms with Crippen LogP contribution < -0.4 is 11.2 Å². The molecule has 4 N–H and O–H groups in total. The van der Waals surface area contributed by atoms with E-state index in [-0.39, 0.29) is 0 Å². The molecule has 0 amide bonds. The van der Waals surface area contributed by atoms with Crippen molar-refractivity contribution in [1.29, 1.82) is 0 Å². The average molecular weight is 195 g/mol.